The van der Waals surface area contributed by atoms with Crippen LogP contribution in [0.15, 0.2) is 0 Å². The molecule has 1 aliphatic rings. The fraction of sp³-hybridized carbons (Fsp3) is 1.00. The van der Waals surface area contributed by atoms with E-state index in [2.05, 4.69) is 24.2 Å². The Kier molecular flexibility index (Phi) is 3.34. The van der Waals surface area contributed by atoms with Gasteiger partial charge in [0.2, 0.25) is 0 Å². The minimum Gasteiger partial charge on any atom is -0.316 e. The minimum absolute atomic E-state index is 0.624. The van der Waals surface area contributed by atoms with E-state index in [1.54, 1.807) is 0 Å². The Bertz CT molecular complexity index is 110. The number of likely N-dealkylation sites (N-methyl/N-ethyl adjacent to an activating group) is 2. The smallest absolute Gasteiger partial charge is 0.0163 e. The molecule has 0 aromatic heterocycles. The Morgan fingerprint density at radius 3 is 2.64 bits per heavy atom. The normalized spacial score (nSPS) is 20.7. The van der Waals surface area contributed by atoms with Gasteiger partial charge in [0.25, 0.3) is 0 Å². The first kappa shape index (κ1) is 9.01. The topological polar surface area (TPSA) is 15.3 Å². The van der Waals surface area contributed by atoms with Crippen LogP contribution in [0.4, 0.5) is 0 Å². The summed E-state index contributed by atoms with van der Waals surface area (Å²) in [5.74, 6) is 1.02. The van der Waals surface area contributed by atoms with Crippen LogP contribution in [0.1, 0.15) is 19.8 Å². The molecule has 0 aromatic rings. The van der Waals surface area contributed by atoms with Crippen molar-refractivity contribution >= 4 is 0 Å². The quantitative estimate of drug-likeness (QED) is 0.637. The van der Waals surface area contributed by atoms with Gasteiger partial charge in [-0.1, -0.05) is 0 Å². The van der Waals surface area contributed by atoms with Crippen LogP contribution in [0.2, 0.25) is 0 Å². The molecule has 1 N–H and O–H groups in total. The van der Waals surface area contributed by atoms with Gasteiger partial charge in [0, 0.05) is 19.1 Å². The first-order valence-electron chi connectivity index (χ1n) is 4.58. The van der Waals surface area contributed by atoms with Crippen molar-refractivity contribution in [1.29, 1.82) is 0 Å². The predicted molar refractivity (Wildman–Crippen MR) is 48.7 cm³/mol. The minimum atomic E-state index is 0.624. The summed E-state index contributed by atoms with van der Waals surface area (Å²) < 4.78 is 0. The van der Waals surface area contributed by atoms with E-state index in [-0.39, 0.29) is 0 Å². The summed E-state index contributed by atoms with van der Waals surface area (Å²) in [6, 6.07) is 0.624. The molecule has 66 valence electrons. The maximum absolute atomic E-state index is 3.25. The molecule has 0 spiro atoms. The van der Waals surface area contributed by atoms with E-state index in [0.29, 0.717) is 6.04 Å². The van der Waals surface area contributed by atoms with Crippen molar-refractivity contribution in [3.8, 4) is 0 Å². The highest BCUT2D eigenvalue weighted by Crippen LogP contribution is 2.29. The zero-order valence-corrected chi connectivity index (χ0v) is 7.93. The van der Waals surface area contributed by atoms with E-state index in [0.717, 1.165) is 5.92 Å². The summed E-state index contributed by atoms with van der Waals surface area (Å²) in [6.07, 6.45) is 2.91. The van der Waals surface area contributed by atoms with E-state index < -0.39 is 0 Å². The lowest BCUT2D eigenvalue weighted by molar-refractivity contribution is 0.292. The third-order valence-electron chi connectivity index (χ3n) is 2.35. The summed E-state index contributed by atoms with van der Waals surface area (Å²) in [5.41, 5.74) is 0. The van der Waals surface area contributed by atoms with Crippen LogP contribution in [0.3, 0.4) is 0 Å². The molecule has 1 atom stereocenters. The van der Waals surface area contributed by atoms with Gasteiger partial charge in [-0.25, -0.2) is 0 Å². The van der Waals surface area contributed by atoms with Gasteiger partial charge in [0.05, 0.1) is 0 Å². The first-order valence-corrected chi connectivity index (χ1v) is 4.58. The number of nitrogens with one attached hydrogen (secondary N) is 1. The molecule has 1 fully saturated rings. The van der Waals surface area contributed by atoms with E-state index in [4.69, 9.17) is 0 Å². The summed E-state index contributed by atoms with van der Waals surface area (Å²) in [7, 11) is 4.24. The molecule has 0 aliphatic heterocycles. The summed E-state index contributed by atoms with van der Waals surface area (Å²) in [6.45, 7) is 4.70. The van der Waals surface area contributed by atoms with Crippen LogP contribution < -0.4 is 5.32 Å². The third-order valence-corrected chi connectivity index (χ3v) is 2.35. The molecule has 1 aliphatic carbocycles. The molecule has 0 radical (unpaired) electrons. The van der Waals surface area contributed by atoms with Crippen LogP contribution in [-0.2, 0) is 0 Å². The number of hydrogen-bond donors (Lipinski definition) is 1. The fourth-order valence-corrected chi connectivity index (χ4v) is 1.37. The van der Waals surface area contributed by atoms with E-state index >= 15 is 0 Å². The molecule has 0 amide bonds. The maximum Gasteiger partial charge on any atom is 0.0163 e. The van der Waals surface area contributed by atoms with Crippen LogP contribution in [0.25, 0.3) is 0 Å². The van der Waals surface area contributed by atoms with Gasteiger partial charge in [-0.15, -0.1) is 0 Å². The highest BCUT2D eigenvalue weighted by atomic mass is 15.1. The molecule has 1 unspecified atom stereocenters. The molecule has 11 heavy (non-hydrogen) atoms. The average molecular weight is 156 g/mol. The highest BCUT2D eigenvalue weighted by Gasteiger charge is 2.22. The van der Waals surface area contributed by atoms with Crippen LogP contribution in [-0.4, -0.2) is 38.1 Å². The van der Waals surface area contributed by atoms with Crippen LogP contribution in [0, 0.1) is 5.92 Å². The van der Waals surface area contributed by atoms with Gasteiger partial charge >= 0.3 is 0 Å². The van der Waals surface area contributed by atoms with Gasteiger partial charge in [-0.05, 0) is 39.8 Å². The molecule has 0 heterocycles. The monoisotopic (exact) mass is 156 g/mol. The Hall–Kier alpha value is -0.0800. The van der Waals surface area contributed by atoms with E-state index in [1.165, 1.54) is 25.9 Å². The number of hydrogen-bond acceptors (Lipinski definition) is 2. The number of nitrogens with zero attached hydrogens (tertiary/aromatic N) is 1. The average Bonchev–Trinajstić information content (AvgIpc) is 2.71. The maximum atomic E-state index is 3.25. The molecule has 1 saturated carbocycles. The Balaban J connectivity index is 2.03. The first-order chi connectivity index (χ1) is 5.22. The van der Waals surface area contributed by atoms with Crippen molar-refractivity contribution < 1.29 is 0 Å². The van der Waals surface area contributed by atoms with Crippen molar-refractivity contribution in [1.82, 2.24) is 10.2 Å². The SMILES string of the molecule is CNC(C)CN(C)CC1CC1. The van der Waals surface area contributed by atoms with Crippen molar-refractivity contribution in [3.05, 3.63) is 0 Å². The Labute approximate surface area is 70.0 Å². The Morgan fingerprint density at radius 1 is 1.55 bits per heavy atom. The lowest BCUT2D eigenvalue weighted by Gasteiger charge is -2.20. The standard InChI is InChI=1S/C9H20N2/c1-8(10-2)6-11(3)7-9-4-5-9/h8-10H,4-7H2,1-3H3. The van der Waals surface area contributed by atoms with E-state index in [1.807, 2.05) is 7.05 Å². The van der Waals surface area contributed by atoms with Crippen LogP contribution >= 0.6 is 0 Å². The second-order valence-corrected chi connectivity index (χ2v) is 3.85. The fourth-order valence-electron chi connectivity index (χ4n) is 1.37. The summed E-state index contributed by atoms with van der Waals surface area (Å²) in [5, 5.41) is 3.25. The lowest BCUT2D eigenvalue weighted by Crippen LogP contribution is -2.36. The second kappa shape index (κ2) is 4.07. The van der Waals surface area contributed by atoms with Crippen molar-refractivity contribution in [3.63, 3.8) is 0 Å². The highest BCUT2D eigenvalue weighted by molar-refractivity contribution is 4.77. The van der Waals surface area contributed by atoms with Gasteiger partial charge in [0.1, 0.15) is 0 Å². The molecular formula is C9H20N2. The van der Waals surface area contributed by atoms with E-state index in [9.17, 15) is 0 Å². The molecule has 1 rings (SSSR count). The van der Waals surface area contributed by atoms with Gasteiger partial charge in [0.15, 0.2) is 0 Å². The zero-order valence-electron chi connectivity index (χ0n) is 7.93. The summed E-state index contributed by atoms with van der Waals surface area (Å²) in [4.78, 5) is 2.43. The van der Waals surface area contributed by atoms with Gasteiger partial charge < -0.3 is 10.2 Å². The van der Waals surface area contributed by atoms with Crippen molar-refractivity contribution in [2.75, 3.05) is 27.2 Å². The largest absolute Gasteiger partial charge is 0.316 e. The molecule has 0 bridgehead atoms. The third kappa shape index (κ3) is 3.73. The molecular weight excluding hydrogens is 136 g/mol. The Morgan fingerprint density at radius 2 is 2.18 bits per heavy atom. The molecule has 2 nitrogen and oxygen atoms in total. The summed E-state index contributed by atoms with van der Waals surface area (Å²) >= 11 is 0. The van der Waals surface area contributed by atoms with Gasteiger partial charge in [-0.2, -0.15) is 0 Å². The molecule has 2 heteroatoms. The predicted octanol–water partition coefficient (Wildman–Crippen LogP) is 0.936. The number of rotatable bonds is 5. The molecule has 0 saturated heterocycles. The molecule has 0 aromatic carbocycles. The van der Waals surface area contributed by atoms with Gasteiger partial charge in [-0.3, -0.25) is 0 Å². The lowest BCUT2D eigenvalue weighted by atomic mass is 10.3. The van der Waals surface area contributed by atoms with Crippen LogP contribution in [0.5, 0.6) is 0 Å². The second-order valence-electron chi connectivity index (χ2n) is 3.85. The van der Waals surface area contributed by atoms with Crippen molar-refractivity contribution in [2.24, 2.45) is 5.92 Å². The zero-order chi connectivity index (χ0) is 8.27. The van der Waals surface area contributed by atoms with Crippen molar-refractivity contribution in [2.45, 2.75) is 25.8 Å².